The van der Waals surface area contributed by atoms with E-state index in [0.29, 0.717) is 18.7 Å². The molecule has 5 nitrogen and oxygen atoms in total. The molecule has 0 amide bonds. The number of unbranched alkanes of at least 4 members (excludes halogenated alkanes) is 3. The van der Waals surface area contributed by atoms with Gasteiger partial charge in [-0.05, 0) is 37.6 Å². The van der Waals surface area contributed by atoms with Crippen LogP contribution in [0.25, 0.3) is 0 Å². The molecule has 0 bridgehead atoms. The molecule has 0 spiro atoms. The number of rotatable bonds is 10. The molecule has 0 unspecified atom stereocenters. The Hall–Kier alpha value is -2.51. The number of halogens is 3. The Morgan fingerprint density at radius 3 is 2.32 bits per heavy atom. The van der Waals surface area contributed by atoms with Crippen molar-refractivity contribution in [3.63, 3.8) is 0 Å². The van der Waals surface area contributed by atoms with Crippen LogP contribution in [0.2, 0.25) is 0 Å². The number of ether oxygens (including phenoxy) is 2. The van der Waals surface area contributed by atoms with Crippen LogP contribution in [0.5, 0.6) is 11.6 Å². The minimum atomic E-state index is -4.57. The van der Waals surface area contributed by atoms with Gasteiger partial charge in [-0.2, -0.15) is 18.2 Å². The first-order valence-corrected chi connectivity index (χ1v) is 9.39. The first kappa shape index (κ1) is 21.8. The van der Waals surface area contributed by atoms with Gasteiger partial charge >= 0.3 is 6.18 Å². The van der Waals surface area contributed by atoms with Crippen LogP contribution in [0.15, 0.2) is 30.5 Å². The van der Waals surface area contributed by atoms with E-state index in [1.54, 1.807) is 36.3 Å². The van der Waals surface area contributed by atoms with Crippen LogP contribution in [0.4, 0.5) is 24.8 Å². The number of anilines is 2. The van der Waals surface area contributed by atoms with Gasteiger partial charge in [0.25, 0.3) is 0 Å². The van der Waals surface area contributed by atoms with Crippen molar-refractivity contribution in [3.8, 4) is 11.6 Å². The summed E-state index contributed by atoms with van der Waals surface area (Å²) >= 11 is 0. The van der Waals surface area contributed by atoms with Crippen LogP contribution in [0, 0.1) is 0 Å². The Kier molecular flexibility index (Phi) is 7.90. The molecule has 0 aliphatic rings. The number of aromatic nitrogens is 2. The third-order valence-electron chi connectivity index (χ3n) is 4.22. The SMILES string of the molecule is CCCCCCOc1nc(N(CC)c2ccc(OC)cc2)ncc1C(F)(F)F. The molecule has 0 fully saturated rings. The standard InChI is InChI=1S/C20H26F3N3O2/c1-4-6-7-8-13-28-18-17(20(21,22)23)14-24-19(25-18)26(5-2)15-9-11-16(27-3)12-10-15/h9-12,14H,4-8,13H2,1-3H3. The molecule has 0 atom stereocenters. The molecule has 2 aromatic rings. The lowest BCUT2D eigenvalue weighted by molar-refractivity contribution is -0.139. The normalized spacial score (nSPS) is 11.4. The minimum Gasteiger partial charge on any atom is -0.497 e. The number of hydrogen-bond acceptors (Lipinski definition) is 5. The summed E-state index contributed by atoms with van der Waals surface area (Å²) in [6, 6.07) is 7.14. The average Bonchev–Trinajstić information content (AvgIpc) is 2.68. The van der Waals surface area contributed by atoms with E-state index >= 15 is 0 Å². The van der Waals surface area contributed by atoms with E-state index in [1.165, 1.54) is 0 Å². The molecule has 0 aliphatic heterocycles. The Balaban J connectivity index is 2.28. The highest BCUT2D eigenvalue weighted by atomic mass is 19.4. The van der Waals surface area contributed by atoms with E-state index < -0.39 is 17.6 Å². The molecule has 1 aromatic carbocycles. The van der Waals surface area contributed by atoms with Crippen LogP contribution < -0.4 is 14.4 Å². The van der Waals surface area contributed by atoms with Crippen molar-refractivity contribution < 1.29 is 22.6 Å². The predicted molar refractivity (Wildman–Crippen MR) is 102 cm³/mol. The molecule has 2 rings (SSSR count). The van der Waals surface area contributed by atoms with E-state index in [1.807, 2.05) is 6.92 Å². The molecule has 1 heterocycles. The lowest BCUT2D eigenvalue weighted by atomic mass is 10.2. The fourth-order valence-corrected chi connectivity index (χ4v) is 2.69. The van der Waals surface area contributed by atoms with Gasteiger partial charge in [-0.3, -0.25) is 0 Å². The first-order valence-electron chi connectivity index (χ1n) is 9.39. The van der Waals surface area contributed by atoms with Crippen LogP contribution in [0.3, 0.4) is 0 Å². The second kappa shape index (κ2) is 10.1. The highest BCUT2D eigenvalue weighted by Crippen LogP contribution is 2.36. The zero-order valence-corrected chi connectivity index (χ0v) is 16.4. The lowest BCUT2D eigenvalue weighted by Crippen LogP contribution is -2.21. The van der Waals surface area contributed by atoms with Gasteiger partial charge in [0.15, 0.2) is 0 Å². The van der Waals surface area contributed by atoms with Gasteiger partial charge in [0, 0.05) is 18.4 Å². The largest absolute Gasteiger partial charge is 0.497 e. The molecule has 0 saturated heterocycles. The van der Waals surface area contributed by atoms with E-state index in [9.17, 15) is 13.2 Å². The number of hydrogen-bond donors (Lipinski definition) is 0. The van der Waals surface area contributed by atoms with Crippen LogP contribution >= 0.6 is 0 Å². The molecular formula is C20H26F3N3O2. The summed E-state index contributed by atoms with van der Waals surface area (Å²) in [6.07, 6.45) is -0.141. The molecule has 8 heteroatoms. The molecule has 0 N–H and O–H groups in total. The van der Waals surface area contributed by atoms with E-state index in [-0.39, 0.29) is 12.6 Å². The van der Waals surface area contributed by atoms with Crippen LogP contribution in [-0.4, -0.2) is 30.2 Å². The number of benzene rings is 1. The summed E-state index contributed by atoms with van der Waals surface area (Å²) in [4.78, 5) is 9.74. The fourth-order valence-electron chi connectivity index (χ4n) is 2.69. The van der Waals surface area contributed by atoms with E-state index in [4.69, 9.17) is 9.47 Å². The van der Waals surface area contributed by atoms with Crippen molar-refractivity contribution in [1.29, 1.82) is 0 Å². The van der Waals surface area contributed by atoms with Gasteiger partial charge in [0.2, 0.25) is 11.8 Å². The van der Waals surface area contributed by atoms with Crippen LogP contribution in [0.1, 0.15) is 45.1 Å². The van der Waals surface area contributed by atoms with Gasteiger partial charge < -0.3 is 14.4 Å². The zero-order chi connectivity index (χ0) is 20.6. The van der Waals surface area contributed by atoms with E-state index in [0.717, 1.165) is 31.1 Å². The lowest BCUT2D eigenvalue weighted by Gasteiger charge is -2.22. The monoisotopic (exact) mass is 397 g/mol. The van der Waals surface area contributed by atoms with E-state index in [2.05, 4.69) is 16.9 Å². The van der Waals surface area contributed by atoms with Crippen LogP contribution in [-0.2, 0) is 6.18 Å². The average molecular weight is 397 g/mol. The summed E-state index contributed by atoms with van der Waals surface area (Å²) in [5.41, 5.74) is -0.213. The fraction of sp³-hybridized carbons (Fsp3) is 0.500. The summed E-state index contributed by atoms with van der Waals surface area (Å²) < 4.78 is 50.5. The maximum absolute atomic E-state index is 13.3. The second-order valence-electron chi connectivity index (χ2n) is 6.24. The summed E-state index contributed by atoms with van der Waals surface area (Å²) in [5.74, 6) is 0.412. The topological polar surface area (TPSA) is 47.5 Å². The molecule has 1 aromatic heterocycles. The number of alkyl halides is 3. The molecule has 0 aliphatic carbocycles. The summed E-state index contributed by atoms with van der Waals surface area (Å²) in [5, 5.41) is 0. The number of nitrogens with zero attached hydrogens (tertiary/aromatic N) is 3. The Morgan fingerprint density at radius 1 is 1.04 bits per heavy atom. The van der Waals surface area contributed by atoms with Crippen molar-refractivity contribution >= 4 is 11.6 Å². The summed E-state index contributed by atoms with van der Waals surface area (Å²) in [6.45, 7) is 4.61. The highest BCUT2D eigenvalue weighted by molar-refractivity contribution is 5.58. The van der Waals surface area contributed by atoms with Gasteiger partial charge in [-0.25, -0.2) is 4.98 Å². The third-order valence-corrected chi connectivity index (χ3v) is 4.22. The van der Waals surface area contributed by atoms with Crippen molar-refractivity contribution in [2.24, 2.45) is 0 Å². The van der Waals surface area contributed by atoms with Gasteiger partial charge in [0.05, 0.1) is 13.7 Å². The molecule has 154 valence electrons. The maximum Gasteiger partial charge on any atom is 0.423 e. The smallest absolute Gasteiger partial charge is 0.423 e. The van der Waals surface area contributed by atoms with Crippen molar-refractivity contribution in [1.82, 2.24) is 9.97 Å². The first-order chi connectivity index (χ1) is 13.4. The Bertz CT molecular complexity index is 736. The predicted octanol–water partition coefficient (Wildman–Crippen LogP) is 5.62. The maximum atomic E-state index is 13.3. The van der Waals surface area contributed by atoms with Gasteiger partial charge in [-0.15, -0.1) is 0 Å². The highest BCUT2D eigenvalue weighted by Gasteiger charge is 2.36. The molecular weight excluding hydrogens is 371 g/mol. The van der Waals surface area contributed by atoms with Crippen molar-refractivity contribution in [2.45, 2.75) is 45.7 Å². The Morgan fingerprint density at radius 2 is 1.75 bits per heavy atom. The van der Waals surface area contributed by atoms with Crippen molar-refractivity contribution in [3.05, 3.63) is 36.0 Å². The molecule has 0 saturated carbocycles. The second-order valence-corrected chi connectivity index (χ2v) is 6.24. The quantitative estimate of drug-likeness (QED) is 0.487. The molecule has 28 heavy (non-hydrogen) atoms. The zero-order valence-electron chi connectivity index (χ0n) is 16.4. The Labute approximate surface area is 163 Å². The molecule has 0 radical (unpaired) electrons. The third kappa shape index (κ3) is 5.74. The van der Waals surface area contributed by atoms with Gasteiger partial charge in [-0.1, -0.05) is 26.2 Å². The number of methoxy groups -OCH3 is 1. The van der Waals surface area contributed by atoms with Crippen molar-refractivity contribution in [2.75, 3.05) is 25.2 Å². The van der Waals surface area contributed by atoms with Gasteiger partial charge in [0.1, 0.15) is 11.3 Å². The summed E-state index contributed by atoms with van der Waals surface area (Å²) in [7, 11) is 1.57. The minimum absolute atomic E-state index is 0.157.